The molecule has 4 rings (SSSR count). The topological polar surface area (TPSA) is 53.2 Å². The molecule has 1 aliphatic heterocycles. The van der Waals surface area contributed by atoms with Gasteiger partial charge in [0.05, 0.1) is 17.7 Å². The number of hydrogen-bond donors (Lipinski definition) is 0. The molecule has 0 saturated heterocycles. The Morgan fingerprint density at radius 3 is 2.35 bits per heavy atom. The summed E-state index contributed by atoms with van der Waals surface area (Å²) in [6, 6.07) is 19.7. The molecule has 3 nitrogen and oxygen atoms in total. The monoisotopic (exact) mass is 298 g/mol. The molecule has 0 N–H and O–H groups in total. The van der Waals surface area contributed by atoms with Crippen LogP contribution in [0.3, 0.4) is 0 Å². The Hall–Kier alpha value is -2.99. The number of nitrogens with zero attached hydrogens (tertiary/aromatic N) is 2. The van der Waals surface area contributed by atoms with Crippen molar-refractivity contribution in [2.24, 2.45) is 10.9 Å². The van der Waals surface area contributed by atoms with Crippen molar-refractivity contribution >= 4 is 17.2 Å². The minimum atomic E-state index is -0.408. The molecule has 3 heteroatoms. The smallest absolute Gasteiger partial charge is 0.192 e. The van der Waals surface area contributed by atoms with E-state index in [9.17, 15) is 10.1 Å². The summed E-state index contributed by atoms with van der Waals surface area (Å²) in [6.07, 6.45) is 0. The SMILES string of the molecule is CC1=NC2=C(C(=O)c3ccccc32)[C@@H](c2ccccc2)C1C#N. The van der Waals surface area contributed by atoms with Gasteiger partial charge < -0.3 is 0 Å². The molecule has 2 aliphatic rings. The zero-order chi connectivity index (χ0) is 16.0. The van der Waals surface area contributed by atoms with Crippen LogP contribution in [0.5, 0.6) is 0 Å². The largest absolute Gasteiger partial charge is 0.289 e. The van der Waals surface area contributed by atoms with Crippen molar-refractivity contribution in [1.82, 2.24) is 0 Å². The third-order valence-corrected chi connectivity index (χ3v) is 4.61. The van der Waals surface area contributed by atoms with Crippen molar-refractivity contribution in [1.29, 1.82) is 5.26 Å². The van der Waals surface area contributed by atoms with Crippen LogP contribution in [0.2, 0.25) is 0 Å². The number of rotatable bonds is 1. The second-order valence-corrected chi connectivity index (χ2v) is 5.89. The van der Waals surface area contributed by atoms with Crippen LogP contribution in [0.15, 0.2) is 65.2 Å². The lowest BCUT2D eigenvalue weighted by molar-refractivity contribution is 0.103. The van der Waals surface area contributed by atoms with Crippen LogP contribution in [0, 0.1) is 17.2 Å². The van der Waals surface area contributed by atoms with Crippen LogP contribution in [-0.2, 0) is 0 Å². The third-order valence-electron chi connectivity index (χ3n) is 4.61. The first-order valence-corrected chi connectivity index (χ1v) is 7.60. The summed E-state index contributed by atoms with van der Waals surface area (Å²) in [5, 5.41) is 9.65. The van der Waals surface area contributed by atoms with Crippen LogP contribution in [0.1, 0.15) is 34.3 Å². The molecule has 2 aromatic carbocycles. The molecule has 2 atom stereocenters. The molecule has 1 heterocycles. The summed E-state index contributed by atoms with van der Waals surface area (Å²) >= 11 is 0. The Kier molecular flexibility index (Phi) is 2.99. The molecule has 1 unspecified atom stereocenters. The first kappa shape index (κ1) is 13.7. The summed E-state index contributed by atoms with van der Waals surface area (Å²) in [7, 11) is 0. The van der Waals surface area contributed by atoms with Crippen LogP contribution in [0.25, 0.3) is 5.70 Å². The van der Waals surface area contributed by atoms with Gasteiger partial charge in [0.25, 0.3) is 0 Å². The van der Waals surface area contributed by atoms with E-state index in [-0.39, 0.29) is 11.7 Å². The van der Waals surface area contributed by atoms with E-state index in [1.807, 2.05) is 61.5 Å². The van der Waals surface area contributed by atoms with Gasteiger partial charge in [-0.15, -0.1) is 0 Å². The van der Waals surface area contributed by atoms with Gasteiger partial charge in [-0.25, -0.2) is 0 Å². The summed E-state index contributed by atoms with van der Waals surface area (Å²) in [5.41, 5.74) is 4.72. The fourth-order valence-corrected chi connectivity index (χ4v) is 3.54. The summed E-state index contributed by atoms with van der Waals surface area (Å²) in [5.74, 6) is -0.663. The quantitative estimate of drug-likeness (QED) is 0.799. The van der Waals surface area contributed by atoms with Crippen molar-refractivity contribution in [3.8, 4) is 6.07 Å². The molecule has 1 aliphatic carbocycles. The average molecular weight is 298 g/mol. The normalized spacial score (nSPS) is 22.3. The second-order valence-electron chi connectivity index (χ2n) is 5.89. The van der Waals surface area contributed by atoms with E-state index in [0.717, 1.165) is 22.5 Å². The predicted molar refractivity (Wildman–Crippen MR) is 89.1 cm³/mol. The summed E-state index contributed by atoms with van der Waals surface area (Å²) in [6.45, 7) is 1.87. The van der Waals surface area contributed by atoms with Crippen molar-refractivity contribution < 1.29 is 4.79 Å². The Bertz CT molecular complexity index is 916. The van der Waals surface area contributed by atoms with E-state index < -0.39 is 5.92 Å². The van der Waals surface area contributed by atoms with Crippen LogP contribution in [-0.4, -0.2) is 11.5 Å². The fraction of sp³-hybridized carbons (Fsp3) is 0.150. The van der Waals surface area contributed by atoms with Gasteiger partial charge in [-0.05, 0) is 12.5 Å². The maximum atomic E-state index is 12.9. The van der Waals surface area contributed by atoms with Gasteiger partial charge in [0.15, 0.2) is 5.78 Å². The van der Waals surface area contributed by atoms with E-state index in [2.05, 4.69) is 11.1 Å². The second kappa shape index (κ2) is 5.03. The van der Waals surface area contributed by atoms with Crippen LogP contribution < -0.4 is 0 Å². The highest BCUT2D eigenvalue weighted by molar-refractivity contribution is 6.23. The molecule has 23 heavy (non-hydrogen) atoms. The average Bonchev–Trinajstić information content (AvgIpc) is 2.87. The Labute approximate surface area is 134 Å². The lowest BCUT2D eigenvalue weighted by Gasteiger charge is -2.27. The lowest BCUT2D eigenvalue weighted by Crippen LogP contribution is -2.26. The molecule has 0 fully saturated rings. The zero-order valence-corrected chi connectivity index (χ0v) is 12.7. The number of carbonyl (C=O) groups is 1. The maximum absolute atomic E-state index is 12.9. The number of carbonyl (C=O) groups excluding carboxylic acids is 1. The third kappa shape index (κ3) is 1.89. The number of fused-ring (bicyclic) bond motifs is 2. The van der Waals surface area contributed by atoms with Gasteiger partial charge in [0.2, 0.25) is 0 Å². The number of allylic oxidation sites excluding steroid dienone is 1. The number of Topliss-reactive ketones (excluding diaryl/α,β-unsaturated/α-hetero) is 1. The van der Waals surface area contributed by atoms with E-state index in [1.165, 1.54) is 0 Å². The molecule has 2 aromatic rings. The minimum absolute atomic E-state index is 0.000882. The molecule has 0 spiro atoms. The molecule has 0 aromatic heterocycles. The van der Waals surface area contributed by atoms with E-state index >= 15 is 0 Å². The molecular formula is C20H14N2O. The maximum Gasteiger partial charge on any atom is 0.192 e. The first-order valence-electron chi connectivity index (χ1n) is 7.60. The predicted octanol–water partition coefficient (Wildman–Crippen LogP) is 3.99. The molecular weight excluding hydrogens is 284 g/mol. The van der Waals surface area contributed by atoms with Gasteiger partial charge in [-0.1, -0.05) is 54.6 Å². The number of benzene rings is 2. The number of ketones is 1. The van der Waals surface area contributed by atoms with Gasteiger partial charge >= 0.3 is 0 Å². The van der Waals surface area contributed by atoms with Gasteiger partial charge in [-0.3, -0.25) is 9.79 Å². The van der Waals surface area contributed by atoms with Gasteiger partial charge in [0.1, 0.15) is 0 Å². The molecule has 0 radical (unpaired) electrons. The lowest BCUT2D eigenvalue weighted by atomic mass is 9.76. The van der Waals surface area contributed by atoms with Gasteiger partial charge in [-0.2, -0.15) is 5.26 Å². The number of nitriles is 1. The molecule has 0 bridgehead atoms. The Balaban J connectivity index is 1.98. The number of hydrogen-bond acceptors (Lipinski definition) is 3. The molecule has 0 saturated carbocycles. The van der Waals surface area contributed by atoms with Crippen molar-refractivity contribution in [3.63, 3.8) is 0 Å². The molecule has 110 valence electrons. The zero-order valence-electron chi connectivity index (χ0n) is 12.7. The molecule has 0 amide bonds. The van der Waals surface area contributed by atoms with Crippen LogP contribution >= 0.6 is 0 Å². The highest BCUT2D eigenvalue weighted by Crippen LogP contribution is 2.47. The fourth-order valence-electron chi connectivity index (χ4n) is 3.54. The highest BCUT2D eigenvalue weighted by Gasteiger charge is 2.42. The number of aliphatic imine (C=N–C) groups is 1. The van der Waals surface area contributed by atoms with Crippen molar-refractivity contribution in [2.75, 3.05) is 0 Å². The standard InChI is InChI=1S/C20H14N2O/c1-12-16(11-21)17(13-7-3-2-4-8-13)18-19(22-12)14-9-5-6-10-15(14)20(18)23/h2-10,16-17H,1H3/t16?,17-/m0/s1. The highest BCUT2D eigenvalue weighted by atomic mass is 16.1. The van der Waals surface area contributed by atoms with Crippen LogP contribution in [0.4, 0.5) is 0 Å². The van der Waals surface area contributed by atoms with E-state index in [0.29, 0.717) is 11.1 Å². The summed E-state index contributed by atoms with van der Waals surface area (Å²) in [4.78, 5) is 17.6. The van der Waals surface area contributed by atoms with E-state index in [4.69, 9.17) is 0 Å². The summed E-state index contributed by atoms with van der Waals surface area (Å²) < 4.78 is 0. The Morgan fingerprint density at radius 1 is 1.00 bits per heavy atom. The van der Waals surface area contributed by atoms with Gasteiger partial charge in [0, 0.05) is 28.3 Å². The van der Waals surface area contributed by atoms with Crippen molar-refractivity contribution in [3.05, 3.63) is 76.9 Å². The van der Waals surface area contributed by atoms with Crippen molar-refractivity contribution in [2.45, 2.75) is 12.8 Å². The van der Waals surface area contributed by atoms with E-state index in [1.54, 1.807) is 0 Å². The Morgan fingerprint density at radius 2 is 1.65 bits per heavy atom. The minimum Gasteiger partial charge on any atom is -0.289 e. The first-order chi connectivity index (χ1) is 11.2.